The highest BCUT2D eigenvalue weighted by molar-refractivity contribution is 9.11. The van der Waals surface area contributed by atoms with Gasteiger partial charge in [0.05, 0.1) is 23.1 Å². The first-order valence-electron chi connectivity index (χ1n) is 6.90. The Balaban J connectivity index is 2.11. The number of ether oxygens (including phenoxy) is 1. The van der Waals surface area contributed by atoms with Crippen LogP contribution >= 0.6 is 27.3 Å². The fraction of sp³-hybridized carbons (Fsp3) is 0.267. The van der Waals surface area contributed by atoms with E-state index in [0.717, 1.165) is 21.2 Å². The third kappa shape index (κ3) is 4.35. The van der Waals surface area contributed by atoms with Gasteiger partial charge in [0.1, 0.15) is 9.96 Å². The zero-order chi connectivity index (χ0) is 17.9. The molecule has 9 heteroatoms. The standard InChI is InChI=1S/C15H17BrN2O4S2/c1-10-4-5-12(22-3)11(8-10)17-14(19)9-18(2)24(20,21)15-7-6-13(16)23-15/h4-8H,9H2,1-3H3,(H,17,19). The van der Waals surface area contributed by atoms with E-state index in [-0.39, 0.29) is 10.8 Å². The number of aryl methyl sites for hydroxylation is 1. The van der Waals surface area contributed by atoms with Gasteiger partial charge in [-0.05, 0) is 52.7 Å². The van der Waals surface area contributed by atoms with Gasteiger partial charge in [-0.2, -0.15) is 4.31 Å². The molecule has 2 aromatic rings. The van der Waals surface area contributed by atoms with Gasteiger partial charge in [0.25, 0.3) is 10.0 Å². The van der Waals surface area contributed by atoms with Crippen LogP contribution in [0, 0.1) is 6.92 Å². The Kier molecular flexibility index (Phi) is 6.02. The van der Waals surface area contributed by atoms with Crippen molar-refractivity contribution in [1.29, 1.82) is 0 Å². The lowest BCUT2D eigenvalue weighted by Gasteiger charge is -2.16. The van der Waals surface area contributed by atoms with Crippen molar-refractivity contribution in [2.75, 3.05) is 26.0 Å². The van der Waals surface area contributed by atoms with E-state index in [0.29, 0.717) is 15.2 Å². The number of halogens is 1. The molecule has 0 saturated carbocycles. The number of anilines is 1. The summed E-state index contributed by atoms with van der Waals surface area (Å²) in [5.74, 6) is 0.0715. The van der Waals surface area contributed by atoms with E-state index in [2.05, 4.69) is 21.2 Å². The van der Waals surface area contributed by atoms with Crippen LogP contribution in [0.25, 0.3) is 0 Å². The molecule has 0 aliphatic rings. The second kappa shape index (κ2) is 7.64. The summed E-state index contributed by atoms with van der Waals surface area (Å²) < 4.78 is 31.9. The summed E-state index contributed by atoms with van der Waals surface area (Å²) in [7, 11) is -0.823. The Labute approximate surface area is 153 Å². The minimum Gasteiger partial charge on any atom is -0.495 e. The first-order chi connectivity index (χ1) is 11.2. The highest BCUT2D eigenvalue weighted by atomic mass is 79.9. The molecule has 6 nitrogen and oxygen atoms in total. The molecule has 0 spiro atoms. The molecule has 1 heterocycles. The number of methoxy groups -OCH3 is 1. The average molecular weight is 433 g/mol. The van der Waals surface area contributed by atoms with Crippen molar-refractivity contribution in [3.8, 4) is 5.75 Å². The third-order valence-electron chi connectivity index (χ3n) is 3.21. The van der Waals surface area contributed by atoms with E-state index in [9.17, 15) is 13.2 Å². The lowest BCUT2D eigenvalue weighted by molar-refractivity contribution is -0.116. The number of nitrogens with zero attached hydrogens (tertiary/aromatic N) is 1. The van der Waals surface area contributed by atoms with Crippen LogP contribution in [0.5, 0.6) is 5.75 Å². The summed E-state index contributed by atoms with van der Waals surface area (Å²) in [6.07, 6.45) is 0. The molecule has 0 aliphatic heterocycles. The number of carbonyl (C=O) groups excluding carboxylic acids is 1. The number of carbonyl (C=O) groups is 1. The molecule has 0 unspecified atom stereocenters. The first kappa shape index (κ1) is 18.9. The molecular formula is C15H17BrN2O4S2. The van der Waals surface area contributed by atoms with Crippen LogP contribution in [0.4, 0.5) is 5.69 Å². The van der Waals surface area contributed by atoms with Gasteiger partial charge < -0.3 is 10.1 Å². The molecule has 0 fully saturated rings. The monoisotopic (exact) mass is 432 g/mol. The van der Waals surface area contributed by atoms with Gasteiger partial charge in [-0.1, -0.05) is 6.07 Å². The second-order valence-corrected chi connectivity index (χ2v) is 9.81. The van der Waals surface area contributed by atoms with E-state index >= 15 is 0 Å². The number of amides is 1. The maximum absolute atomic E-state index is 12.4. The minimum absolute atomic E-state index is 0.179. The van der Waals surface area contributed by atoms with Crippen molar-refractivity contribution in [2.45, 2.75) is 11.1 Å². The molecule has 0 aliphatic carbocycles. The van der Waals surface area contributed by atoms with Gasteiger partial charge in [-0.25, -0.2) is 8.42 Å². The zero-order valence-corrected chi connectivity index (χ0v) is 16.6. The largest absolute Gasteiger partial charge is 0.495 e. The van der Waals surface area contributed by atoms with E-state index in [4.69, 9.17) is 4.74 Å². The summed E-state index contributed by atoms with van der Waals surface area (Å²) in [6, 6.07) is 8.53. The smallest absolute Gasteiger partial charge is 0.252 e. The zero-order valence-electron chi connectivity index (χ0n) is 13.4. The molecule has 24 heavy (non-hydrogen) atoms. The third-order valence-corrected chi connectivity index (χ3v) is 7.10. The average Bonchev–Trinajstić information content (AvgIpc) is 2.94. The predicted molar refractivity (Wildman–Crippen MR) is 98.2 cm³/mol. The Bertz CT molecular complexity index is 849. The van der Waals surface area contributed by atoms with Crippen molar-refractivity contribution in [3.63, 3.8) is 0 Å². The fourth-order valence-corrected chi connectivity index (χ4v) is 5.33. The van der Waals surface area contributed by atoms with Crippen molar-refractivity contribution in [3.05, 3.63) is 39.7 Å². The van der Waals surface area contributed by atoms with Crippen LogP contribution in [0.1, 0.15) is 5.56 Å². The van der Waals surface area contributed by atoms with Crippen molar-refractivity contribution >= 4 is 48.9 Å². The number of rotatable bonds is 6. The maximum Gasteiger partial charge on any atom is 0.252 e. The van der Waals surface area contributed by atoms with Crippen molar-refractivity contribution in [1.82, 2.24) is 4.31 Å². The van der Waals surface area contributed by atoms with Gasteiger partial charge in [-0.3, -0.25) is 4.79 Å². The Morgan fingerprint density at radius 1 is 1.33 bits per heavy atom. The Hall–Kier alpha value is -1.42. The van der Waals surface area contributed by atoms with Crippen LogP contribution in [0.2, 0.25) is 0 Å². The molecular weight excluding hydrogens is 416 g/mol. The lowest BCUT2D eigenvalue weighted by atomic mass is 10.2. The summed E-state index contributed by atoms with van der Waals surface area (Å²) in [5, 5.41) is 2.69. The fourth-order valence-electron chi connectivity index (χ4n) is 1.99. The first-order valence-corrected chi connectivity index (χ1v) is 9.95. The van der Waals surface area contributed by atoms with Crippen LogP contribution in [0.3, 0.4) is 0 Å². The topological polar surface area (TPSA) is 75.7 Å². The number of hydrogen-bond donors (Lipinski definition) is 1. The lowest BCUT2D eigenvalue weighted by Crippen LogP contribution is -2.34. The second-order valence-electron chi connectivity index (χ2n) is 5.07. The molecule has 1 aromatic carbocycles. The van der Waals surface area contributed by atoms with Gasteiger partial charge in [0, 0.05) is 7.05 Å². The van der Waals surface area contributed by atoms with Crippen molar-refractivity contribution in [2.24, 2.45) is 0 Å². The normalized spacial score (nSPS) is 11.5. The molecule has 130 valence electrons. The molecule has 1 amide bonds. The van der Waals surface area contributed by atoms with Crippen LogP contribution in [-0.4, -0.2) is 39.3 Å². The SMILES string of the molecule is COc1ccc(C)cc1NC(=O)CN(C)S(=O)(=O)c1ccc(Br)s1. The van der Waals surface area contributed by atoms with E-state index in [1.807, 2.05) is 13.0 Å². The van der Waals surface area contributed by atoms with Crippen LogP contribution in [0.15, 0.2) is 38.3 Å². The minimum atomic E-state index is -3.70. The van der Waals surface area contributed by atoms with Gasteiger partial charge in [-0.15, -0.1) is 11.3 Å². The molecule has 2 rings (SSSR count). The molecule has 1 N–H and O–H groups in total. The summed E-state index contributed by atoms with van der Waals surface area (Å²) >= 11 is 4.33. The highest BCUT2D eigenvalue weighted by Crippen LogP contribution is 2.28. The summed E-state index contributed by atoms with van der Waals surface area (Å²) in [4.78, 5) is 12.2. The number of hydrogen-bond acceptors (Lipinski definition) is 5. The summed E-state index contributed by atoms with van der Waals surface area (Å²) in [5.41, 5.74) is 1.46. The van der Waals surface area contributed by atoms with Gasteiger partial charge in [0.15, 0.2) is 0 Å². The predicted octanol–water partition coefficient (Wildman–Crippen LogP) is 3.09. The van der Waals surface area contributed by atoms with Gasteiger partial charge >= 0.3 is 0 Å². The Morgan fingerprint density at radius 2 is 2.04 bits per heavy atom. The van der Waals surface area contributed by atoms with Gasteiger partial charge in [0.2, 0.25) is 5.91 Å². The molecule has 1 aromatic heterocycles. The highest BCUT2D eigenvalue weighted by Gasteiger charge is 2.25. The summed E-state index contributed by atoms with van der Waals surface area (Å²) in [6.45, 7) is 1.59. The molecule has 0 saturated heterocycles. The number of benzene rings is 1. The van der Waals surface area contributed by atoms with E-state index < -0.39 is 15.9 Å². The van der Waals surface area contributed by atoms with Crippen LogP contribution < -0.4 is 10.1 Å². The van der Waals surface area contributed by atoms with E-state index in [1.54, 1.807) is 18.2 Å². The number of sulfonamides is 1. The Morgan fingerprint density at radius 3 is 2.62 bits per heavy atom. The molecule has 0 bridgehead atoms. The van der Waals surface area contributed by atoms with E-state index in [1.165, 1.54) is 20.2 Å². The quantitative estimate of drug-likeness (QED) is 0.760. The number of nitrogens with one attached hydrogen (secondary N) is 1. The number of likely N-dealkylation sites (N-methyl/N-ethyl adjacent to an activating group) is 1. The maximum atomic E-state index is 12.4. The van der Waals surface area contributed by atoms with Crippen molar-refractivity contribution < 1.29 is 17.9 Å². The molecule has 0 atom stereocenters. The van der Waals surface area contributed by atoms with Crippen LogP contribution in [-0.2, 0) is 14.8 Å². The number of thiophene rings is 1. The molecule has 0 radical (unpaired) electrons.